The van der Waals surface area contributed by atoms with Gasteiger partial charge in [-0.3, -0.25) is 9.78 Å². The molecule has 3 aromatic rings. The molecule has 2 aromatic carbocycles. The highest BCUT2D eigenvalue weighted by Crippen LogP contribution is 2.39. The smallest absolute Gasteiger partial charge is 0.340 e. The molecule has 33 heavy (non-hydrogen) atoms. The monoisotopic (exact) mass is 480 g/mol. The van der Waals surface area contributed by atoms with Crippen LogP contribution in [-0.4, -0.2) is 10.9 Å². The van der Waals surface area contributed by atoms with E-state index in [1.807, 2.05) is 0 Å². The largest absolute Gasteiger partial charge is 0.416 e. The molecule has 1 heterocycles. The van der Waals surface area contributed by atoms with Gasteiger partial charge in [0.25, 0.3) is 0 Å². The molecular formula is C24H18ClF5N2O. The number of nitrogens with one attached hydrogen (secondary N) is 1. The Kier molecular flexibility index (Phi) is 6.14. The molecule has 0 aliphatic heterocycles. The quantitative estimate of drug-likeness (QED) is 0.437. The number of hydrogen-bond donors (Lipinski definition) is 1. The molecule has 1 saturated carbocycles. The van der Waals surface area contributed by atoms with Crippen molar-refractivity contribution in [3.05, 3.63) is 99.8 Å². The standard InChI is InChI=1S/C24H18ClF5N2O/c25-18-5-8-21(31-13-18)23(32-22(33)15-3-4-15,12-14-1-6-19(26)7-2-14)16-9-17(24(28,29)30)11-20(27)10-16/h1-2,5-11,13,15H,3-4,12H2,(H,32,33). The molecule has 1 amide bonds. The van der Waals surface area contributed by atoms with E-state index in [-0.39, 0.29) is 34.5 Å². The Balaban J connectivity index is 1.95. The normalized spacial score (nSPS) is 15.7. The van der Waals surface area contributed by atoms with Crippen molar-refractivity contribution in [3.63, 3.8) is 0 Å². The highest BCUT2D eigenvalue weighted by Gasteiger charge is 2.43. The minimum absolute atomic E-state index is 0.0961. The van der Waals surface area contributed by atoms with Crippen LogP contribution >= 0.6 is 11.6 Å². The van der Waals surface area contributed by atoms with Gasteiger partial charge >= 0.3 is 6.18 Å². The fourth-order valence-corrected chi connectivity index (χ4v) is 3.83. The molecule has 0 saturated heterocycles. The topological polar surface area (TPSA) is 42.0 Å². The lowest BCUT2D eigenvalue weighted by Crippen LogP contribution is -2.50. The summed E-state index contributed by atoms with van der Waals surface area (Å²) in [5.74, 6) is -2.29. The van der Waals surface area contributed by atoms with Gasteiger partial charge in [-0.15, -0.1) is 0 Å². The summed E-state index contributed by atoms with van der Waals surface area (Å²) >= 11 is 5.96. The van der Waals surface area contributed by atoms with Gasteiger partial charge in [0.2, 0.25) is 5.91 Å². The van der Waals surface area contributed by atoms with Crippen molar-refractivity contribution in [3.8, 4) is 0 Å². The Morgan fingerprint density at radius 2 is 1.64 bits per heavy atom. The lowest BCUT2D eigenvalue weighted by atomic mass is 9.79. The third-order valence-electron chi connectivity index (χ3n) is 5.55. The average Bonchev–Trinajstić information content (AvgIpc) is 3.60. The Hall–Kier alpha value is -3.00. The number of carbonyl (C=O) groups is 1. The van der Waals surface area contributed by atoms with Gasteiger partial charge in [-0.25, -0.2) is 8.78 Å². The Labute approximate surface area is 191 Å². The molecule has 0 bridgehead atoms. The van der Waals surface area contributed by atoms with Crippen LogP contribution in [0.1, 0.15) is 35.2 Å². The van der Waals surface area contributed by atoms with Gasteiger partial charge in [-0.2, -0.15) is 13.2 Å². The van der Waals surface area contributed by atoms with Crippen molar-refractivity contribution in [2.45, 2.75) is 31.0 Å². The number of carbonyl (C=O) groups excluding carboxylic acids is 1. The average molecular weight is 481 g/mol. The van der Waals surface area contributed by atoms with Crippen molar-refractivity contribution in [2.75, 3.05) is 0 Å². The summed E-state index contributed by atoms with van der Waals surface area (Å²) in [7, 11) is 0. The molecule has 1 aliphatic carbocycles. The van der Waals surface area contributed by atoms with Crippen molar-refractivity contribution in [1.82, 2.24) is 10.3 Å². The molecule has 1 aromatic heterocycles. The molecule has 1 N–H and O–H groups in total. The maximum absolute atomic E-state index is 14.5. The maximum atomic E-state index is 14.5. The van der Waals surface area contributed by atoms with E-state index in [2.05, 4.69) is 10.3 Å². The van der Waals surface area contributed by atoms with Crippen LogP contribution in [-0.2, 0) is 22.9 Å². The fraction of sp³-hybridized carbons (Fsp3) is 0.250. The number of aromatic nitrogens is 1. The third-order valence-corrected chi connectivity index (χ3v) is 5.77. The number of pyridine rings is 1. The van der Waals surface area contributed by atoms with Gasteiger partial charge in [0, 0.05) is 18.5 Å². The molecule has 0 spiro atoms. The van der Waals surface area contributed by atoms with E-state index in [4.69, 9.17) is 11.6 Å². The van der Waals surface area contributed by atoms with E-state index in [1.54, 1.807) is 0 Å². The summed E-state index contributed by atoms with van der Waals surface area (Å²) in [6, 6.07) is 10.4. The molecule has 3 nitrogen and oxygen atoms in total. The van der Waals surface area contributed by atoms with Gasteiger partial charge < -0.3 is 5.32 Å². The number of alkyl halides is 3. The molecule has 1 fully saturated rings. The van der Waals surface area contributed by atoms with Crippen molar-refractivity contribution >= 4 is 17.5 Å². The SMILES string of the molecule is O=C(NC(Cc1ccc(F)cc1)(c1cc(F)cc(C(F)(F)F)c1)c1ccc(Cl)cn1)C1CC1. The first kappa shape index (κ1) is 23.2. The van der Waals surface area contributed by atoms with E-state index in [1.165, 1.54) is 42.6 Å². The van der Waals surface area contributed by atoms with E-state index >= 15 is 0 Å². The second kappa shape index (κ2) is 8.74. The zero-order valence-corrected chi connectivity index (χ0v) is 17.9. The van der Waals surface area contributed by atoms with Gasteiger partial charge in [0.15, 0.2) is 0 Å². The Morgan fingerprint density at radius 3 is 2.21 bits per heavy atom. The van der Waals surface area contributed by atoms with Gasteiger partial charge in [0.1, 0.15) is 17.2 Å². The van der Waals surface area contributed by atoms with Gasteiger partial charge in [0.05, 0.1) is 16.3 Å². The molecule has 1 unspecified atom stereocenters. The Morgan fingerprint density at radius 1 is 0.970 bits per heavy atom. The van der Waals surface area contributed by atoms with E-state index < -0.39 is 28.9 Å². The number of benzene rings is 2. The number of halogens is 6. The number of amides is 1. The predicted molar refractivity (Wildman–Crippen MR) is 112 cm³/mol. The summed E-state index contributed by atoms with van der Waals surface area (Å²) < 4.78 is 68.6. The van der Waals surface area contributed by atoms with Crippen LogP contribution in [0, 0.1) is 17.6 Å². The van der Waals surface area contributed by atoms with Crippen LogP contribution in [0.2, 0.25) is 5.02 Å². The number of nitrogens with zero attached hydrogens (tertiary/aromatic N) is 1. The minimum atomic E-state index is -4.81. The summed E-state index contributed by atoms with van der Waals surface area (Å²) in [5, 5.41) is 3.12. The van der Waals surface area contributed by atoms with Gasteiger partial charge in [-0.1, -0.05) is 23.7 Å². The van der Waals surface area contributed by atoms with E-state index in [9.17, 15) is 26.7 Å². The second-order valence-electron chi connectivity index (χ2n) is 8.06. The molecule has 1 atom stereocenters. The number of hydrogen-bond acceptors (Lipinski definition) is 2. The highest BCUT2D eigenvalue weighted by atomic mass is 35.5. The zero-order valence-electron chi connectivity index (χ0n) is 17.1. The Bertz CT molecular complexity index is 1160. The molecule has 9 heteroatoms. The zero-order chi connectivity index (χ0) is 23.8. The van der Waals surface area contributed by atoms with Crippen LogP contribution in [0.3, 0.4) is 0 Å². The summed E-state index contributed by atoms with van der Waals surface area (Å²) in [4.78, 5) is 17.2. The van der Waals surface area contributed by atoms with Crippen LogP contribution in [0.5, 0.6) is 0 Å². The molecule has 1 aliphatic rings. The fourth-order valence-electron chi connectivity index (χ4n) is 3.72. The molecular weight excluding hydrogens is 463 g/mol. The van der Waals surface area contributed by atoms with Crippen LogP contribution < -0.4 is 5.32 Å². The highest BCUT2D eigenvalue weighted by molar-refractivity contribution is 6.30. The van der Waals surface area contributed by atoms with Crippen molar-refractivity contribution in [1.29, 1.82) is 0 Å². The molecule has 172 valence electrons. The second-order valence-corrected chi connectivity index (χ2v) is 8.50. The van der Waals surface area contributed by atoms with Crippen LogP contribution in [0.25, 0.3) is 0 Å². The first-order chi connectivity index (χ1) is 15.6. The lowest BCUT2D eigenvalue weighted by molar-refractivity contribution is -0.137. The van der Waals surface area contributed by atoms with E-state index in [0.29, 0.717) is 24.5 Å². The van der Waals surface area contributed by atoms with E-state index in [0.717, 1.165) is 12.1 Å². The van der Waals surface area contributed by atoms with Crippen LogP contribution in [0.15, 0.2) is 60.8 Å². The predicted octanol–water partition coefficient (Wildman–Crippen LogP) is 6.04. The summed E-state index contributed by atoms with van der Waals surface area (Å²) in [6.07, 6.45) is -2.33. The summed E-state index contributed by atoms with van der Waals surface area (Å²) in [6.45, 7) is 0. The van der Waals surface area contributed by atoms with Crippen molar-refractivity contribution < 1.29 is 26.7 Å². The van der Waals surface area contributed by atoms with Crippen LogP contribution in [0.4, 0.5) is 22.0 Å². The van der Waals surface area contributed by atoms with Crippen molar-refractivity contribution in [2.24, 2.45) is 5.92 Å². The van der Waals surface area contributed by atoms with Gasteiger partial charge in [-0.05, 0) is 66.4 Å². The molecule has 0 radical (unpaired) electrons. The first-order valence-electron chi connectivity index (χ1n) is 10.1. The minimum Gasteiger partial charge on any atom is -0.340 e. The summed E-state index contributed by atoms with van der Waals surface area (Å²) in [5.41, 5.74) is -2.32. The number of rotatable bonds is 6. The first-order valence-corrected chi connectivity index (χ1v) is 10.5. The molecule has 4 rings (SSSR count). The maximum Gasteiger partial charge on any atom is 0.416 e. The third kappa shape index (κ3) is 5.16. The lowest BCUT2D eigenvalue weighted by Gasteiger charge is -2.36.